The zero-order valence-corrected chi connectivity index (χ0v) is 16.6. The van der Waals surface area contributed by atoms with E-state index in [0.717, 1.165) is 35.7 Å². The summed E-state index contributed by atoms with van der Waals surface area (Å²) in [7, 11) is 0. The number of rotatable bonds is 4. The minimum atomic E-state index is -0.309. The number of carbonyl (C=O) groups excluding carboxylic acids is 1. The van der Waals surface area contributed by atoms with Gasteiger partial charge >= 0.3 is 0 Å². The van der Waals surface area contributed by atoms with Gasteiger partial charge < -0.3 is 10.2 Å². The molecule has 0 unspecified atom stereocenters. The number of nitrogens with one attached hydrogen (secondary N) is 1. The summed E-state index contributed by atoms with van der Waals surface area (Å²) in [6.45, 7) is 7.39. The molecule has 5 nitrogen and oxygen atoms in total. The highest BCUT2D eigenvalue weighted by Crippen LogP contribution is 2.25. The Kier molecular flexibility index (Phi) is 4.90. The van der Waals surface area contributed by atoms with E-state index >= 15 is 0 Å². The molecule has 1 aliphatic rings. The van der Waals surface area contributed by atoms with Gasteiger partial charge in [0.15, 0.2) is 0 Å². The van der Waals surface area contributed by atoms with Crippen LogP contribution in [0.1, 0.15) is 29.4 Å². The molecule has 1 aliphatic heterocycles. The summed E-state index contributed by atoms with van der Waals surface area (Å²) in [5, 5.41) is 8.08. The second-order valence-electron chi connectivity index (χ2n) is 7.44. The van der Waals surface area contributed by atoms with Crippen LogP contribution in [0.15, 0.2) is 54.6 Å². The molecule has 5 heteroatoms. The van der Waals surface area contributed by atoms with Crippen LogP contribution in [0.3, 0.4) is 0 Å². The number of para-hydroxylation sites is 1. The number of carbonyl (C=O) groups is 1. The van der Waals surface area contributed by atoms with E-state index in [-0.39, 0.29) is 11.9 Å². The van der Waals surface area contributed by atoms with Gasteiger partial charge in [-0.2, -0.15) is 5.10 Å². The third-order valence-electron chi connectivity index (χ3n) is 5.47. The largest absolute Gasteiger partial charge is 0.371 e. The van der Waals surface area contributed by atoms with Gasteiger partial charge in [-0.15, -0.1) is 0 Å². The van der Waals surface area contributed by atoms with Crippen molar-refractivity contribution in [1.82, 2.24) is 14.7 Å². The fourth-order valence-corrected chi connectivity index (χ4v) is 3.91. The van der Waals surface area contributed by atoms with Crippen molar-refractivity contribution in [3.63, 3.8) is 0 Å². The van der Waals surface area contributed by atoms with Gasteiger partial charge in [0.25, 0.3) is 0 Å². The van der Waals surface area contributed by atoms with E-state index in [2.05, 4.69) is 28.6 Å². The first-order valence-corrected chi connectivity index (χ1v) is 9.78. The molecule has 144 valence electrons. The molecule has 0 radical (unpaired) electrons. The Balaban J connectivity index is 1.50. The Morgan fingerprint density at radius 3 is 2.46 bits per heavy atom. The Bertz CT molecular complexity index is 993. The number of hydrogen-bond acceptors (Lipinski definition) is 3. The summed E-state index contributed by atoms with van der Waals surface area (Å²) in [5.74, 6) is 0.126. The van der Waals surface area contributed by atoms with Crippen LogP contribution >= 0.6 is 0 Å². The summed E-state index contributed by atoms with van der Waals surface area (Å²) in [6, 6.07) is 18.1. The SMILES string of the molecule is Cc1nn(-c2ccccc2)c(C)c1N[C@@H](C)C(=O)N1CCc2ccccc2C1. The minimum absolute atomic E-state index is 0.126. The highest BCUT2D eigenvalue weighted by Gasteiger charge is 2.26. The molecule has 2 heterocycles. The molecule has 1 N–H and O–H groups in total. The first-order chi connectivity index (χ1) is 13.5. The number of anilines is 1. The molecule has 0 spiro atoms. The predicted molar refractivity (Wildman–Crippen MR) is 112 cm³/mol. The molecule has 4 rings (SSSR count). The van der Waals surface area contributed by atoms with Gasteiger partial charge in [0.1, 0.15) is 6.04 Å². The second kappa shape index (κ2) is 7.50. The Morgan fingerprint density at radius 1 is 1.04 bits per heavy atom. The molecular weight excluding hydrogens is 348 g/mol. The average molecular weight is 374 g/mol. The predicted octanol–water partition coefficient (Wildman–Crippen LogP) is 3.87. The maximum Gasteiger partial charge on any atom is 0.245 e. The highest BCUT2D eigenvalue weighted by atomic mass is 16.2. The molecule has 0 saturated carbocycles. The van der Waals surface area contributed by atoms with Crippen LogP contribution in [0.25, 0.3) is 5.69 Å². The van der Waals surface area contributed by atoms with Crippen LogP contribution in [-0.4, -0.2) is 33.2 Å². The third kappa shape index (κ3) is 3.40. The van der Waals surface area contributed by atoms with Gasteiger partial charge in [0.2, 0.25) is 5.91 Å². The molecular formula is C23H26N4O. The summed E-state index contributed by atoms with van der Waals surface area (Å²) < 4.78 is 1.92. The normalized spacial score (nSPS) is 14.5. The lowest BCUT2D eigenvalue weighted by atomic mass is 9.99. The maximum absolute atomic E-state index is 13.0. The molecule has 1 aromatic heterocycles. The Morgan fingerprint density at radius 2 is 1.71 bits per heavy atom. The summed E-state index contributed by atoms with van der Waals surface area (Å²) in [6.07, 6.45) is 0.915. The molecule has 0 fully saturated rings. The molecule has 3 aromatic rings. The van der Waals surface area contributed by atoms with E-state index in [1.165, 1.54) is 11.1 Å². The standard InChI is InChI=1S/C23H26N4O/c1-16-22(18(3)27(25-16)21-11-5-4-6-12-21)24-17(2)23(28)26-14-13-19-9-7-8-10-20(19)15-26/h4-12,17,24H,13-15H2,1-3H3/t17-/m0/s1. The van der Waals surface area contributed by atoms with Crippen LogP contribution in [0, 0.1) is 13.8 Å². The first kappa shape index (κ1) is 18.3. The number of nitrogens with zero attached hydrogens (tertiary/aromatic N) is 3. The molecule has 28 heavy (non-hydrogen) atoms. The van der Waals surface area contributed by atoms with Crippen LogP contribution in [0.5, 0.6) is 0 Å². The van der Waals surface area contributed by atoms with Gasteiger partial charge in [-0.3, -0.25) is 4.79 Å². The van der Waals surface area contributed by atoms with E-state index < -0.39 is 0 Å². The van der Waals surface area contributed by atoms with Crippen molar-refractivity contribution in [2.45, 2.75) is 39.8 Å². The number of aryl methyl sites for hydroxylation is 1. The van der Waals surface area contributed by atoms with Gasteiger partial charge in [-0.25, -0.2) is 4.68 Å². The second-order valence-corrected chi connectivity index (χ2v) is 7.44. The number of aromatic nitrogens is 2. The summed E-state index contributed by atoms with van der Waals surface area (Å²) in [5.41, 5.74) is 6.45. The van der Waals surface area contributed by atoms with Crippen molar-refractivity contribution in [2.75, 3.05) is 11.9 Å². The Hall–Kier alpha value is -3.08. The van der Waals surface area contributed by atoms with Crippen LogP contribution in [-0.2, 0) is 17.8 Å². The van der Waals surface area contributed by atoms with Crippen molar-refractivity contribution in [1.29, 1.82) is 0 Å². The van der Waals surface area contributed by atoms with Gasteiger partial charge in [0, 0.05) is 13.1 Å². The van der Waals surface area contributed by atoms with Crippen LogP contribution < -0.4 is 5.32 Å². The highest BCUT2D eigenvalue weighted by molar-refractivity contribution is 5.85. The van der Waals surface area contributed by atoms with E-state index in [9.17, 15) is 4.79 Å². The lowest BCUT2D eigenvalue weighted by Gasteiger charge is -2.31. The van der Waals surface area contributed by atoms with Crippen LogP contribution in [0.2, 0.25) is 0 Å². The smallest absolute Gasteiger partial charge is 0.245 e. The molecule has 2 aromatic carbocycles. The van der Waals surface area contributed by atoms with E-state index in [0.29, 0.717) is 6.54 Å². The van der Waals surface area contributed by atoms with E-state index in [4.69, 9.17) is 0 Å². The average Bonchev–Trinajstić information content (AvgIpc) is 3.01. The fraction of sp³-hybridized carbons (Fsp3) is 0.304. The van der Waals surface area contributed by atoms with Crippen molar-refractivity contribution < 1.29 is 4.79 Å². The van der Waals surface area contributed by atoms with Crippen molar-refractivity contribution in [2.24, 2.45) is 0 Å². The van der Waals surface area contributed by atoms with Gasteiger partial charge in [-0.05, 0) is 50.5 Å². The quantitative estimate of drug-likeness (QED) is 0.754. The van der Waals surface area contributed by atoms with Crippen LogP contribution in [0.4, 0.5) is 5.69 Å². The number of fused-ring (bicyclic) bond motifs is 1. The fourth-order valence-electron chi connectivity index (χ4n) is 3.91. The number of hydrogen-bond donors (Lipinski definition) is 1. The molecule has 1 atom stereocenters. The molecule has 0 aliphatic carbocycles. The molecule has 0 bridgehead atoms. The van der Waals surface area contributed by atoms with Gasteiger partial charge in [-0.1, -0.05) is 42.5 Å². The third-order valence-corrected chi connectivity index (χ3v) is 5.47. The Labute approximate surface area is 166 Å². The minimum Gasteiger partial charge on any atom is -0.371 e. The number of benzene rings is 2. The lowest BCUT2D eigenvalue weighted by Crippen LogP contribution is -2.44. The van der Waals surface area contributed by atoms with Gasteiger partial charge in [0.05, 0.1) is 22.8 Å². The topological polar surface area (TPSA) is 50.2 Å². The summed E-state index contributed by atoms with van der Waals surface area (Å²) >= 11 is 0. The van der Waals surface area contributed by atoms with E-state index in [1.54, 1.807) is 0 Å². The lowest BCUT2D eigenvalue weighted by molar-refractivity contribution is -0.132. The van der Waals surface area contributed by atoms with Crippen molar-refractivity contribution in [3.05, 3.63) is 77.1 Å². The summed E-state index contributed by atoms with van der Waals surface area (Å²) in [4.78, 5) is 15.0. The maximum atomic E-state index is 13.0. The molecule has 1 amide bonds. The zero-order chi connectivity index (χ0) is 19.7. The first-order valence-electron chi connectivity index (χ1n) is 9.78. The van der Waals surface area contributed by atoms with E-state index in [1.807, 2.05) is 66.8 Å². The molecule has 0 saturated heterocycles. The monoisotopic (exact) mass is 374 g/mol. The van der Waals surface area contributed by atoms with Crippen molar-refractivity contribution >= 4 is 11.6 Å². The zero-order valence-electron chi connectivity index (χ0n) is 16.6. The number of amides is 1. The van der Waals surface area contributed by atoms with Crippen molar-refractivity contribution in [3.8, 4) is 5.69 Å².